The molecular formula is C18H14BrF3O4. The first-order valence-electron chi connectivity index (χ1n) is 7.31. The number of hydrogen-bond donors (Lipinski definition) is 0. The lowest BCUT2D eigenvalue weighted by Crippen LogP contribution is -2.10. The van der Waals surface area contributed by atoms with E-state index in [0.717, 1.165) is 12.1 Å². The van der Waals surface area contributed by atoms with Gasteiger partial charge in [-0.1, -0.05) is 0 Å². The first kappa shape index (κ1) is 19.8. The molecule has 0 aromatic heterocycles. The molecule has 2 rings (SSSR count). The summed E-state index contributed by atoms with van der Waals surface area (Å²) in [4.78, 5) is 11.5. The van der Waals surface area contributed by atoms with Crippen molar-refractivity contribution in [1.82, 2.24) is 0 Å². The van der Waals surface area contributed by atoms with Crippen molar-refractivity contribution in [3.05, 3.63) is 64.3 Å². The second kappa shape index (κ2) is 8.27. The minimum absolute atomic E-state index is 0.0339. The third kappa shape index (κ3) is 5.01. The number of hydrogen-bond acceptors (Lipinski definition) is 4. The molecule has 2 aromatic carbocycles. The summed E-state index contributed by atoms with van der Waals surface area (Å²) in [5.74, 6) is 0.420. The van der Waals surface area contributed by atoms with Gasteiger partial charge in [-0.15, -0.1) is 0 Å². The number of ether oxygens (including phenoxy) is 3. The molecule has 0 bridgehead atoms. The molecule has 0 aliphatic heterocycles. The second-order valence-corrected chi connectivity index (χ2v) is 5.82. The number of rotatable bonds is 5. The van der Waals surface area contributed by atoms with Crippen LogP contribution >= 0.6 is 15.9 Å². The standard InChI is InChI=1S/C18H14BrF3O4/c1-3-15(17(23)24-2)25-12-5-7-13(8-6-12)26-16-9-4-11(10-14(16)19)18(20,21)22/h3-10H,1-2H3. The van der Waals surface area contributed by atoms with Gasteiger partial charge in [0.2, 0.25) is 5.76 Å². The summed E-state index contributed by atoms with van der Waals surface area (Å²) in [6.07, 6.45) is -2.96. The molecule has 0 saturated carbocycles. The van der Waals surface area contributed by atoms with E-state index in [1.807, 2.05) is 0 Å². The van der Waals surface area contributed by atoms with E-state index in [-0.39, 0.29) is 16.0 Å². The monoisotopic (exact) mass is 430 g/mol. The van der Waals surface area contributed by atoms with E-state index in [0.29, 0.717) is 11.5 Å². The van der Waals surface area contributed by atoms with Gasteiger partial charge in [0.05, 0.1) is 17.1 Å². The third-order valence-electron chi connectivity index (χ3n) is 3.19. The highest BCUT2D eigenvalue weighted by atomic mass is 79.9. The number of benzene rings is 2. The van der Waals surface area contributed by atoms with Crippen LogP contribution in [0.4, 0.5) is 13.2 Å². The SMILES string of the molecule is CC=C(Oc1ccc(Oc2ccc(C(F)(F)F)cc2Br)cc1)C(=O)OC. The van der Waals surface area contributed by atoms with Crippen molar-refractivity contribution in [3.8, 4) is 17.2 Å². The Hall–Kier alpha value is -2.48. The zero-order valence-corrected chi connectivity index (χ0v) is 15.3. The van der Waals surface area contributed by atoms with Gasteiger partial charge in [-0.2, -0.15) is 13.2 Å². The molecule has 0 spiro atoms. The second-order valence-electron chi connectivity index (χ2n) is 4.96. The predicted molar refractivity (Wildman–Crippen MR) is 92.1 cm³/mol. The highest BCUT2D eigenvalue weighted by Crippen LogP contribution is 2.36. The molecule has 8 heteroatoms. The average molecular weight is 431 g/mol. The molecule has 0 fully saturated rings. The van der Waals surface area contributed by atoms with Crippen LogP contribution in [-0.2, 0) is 15.7 Å². The Bertz CT molecular complexity index is 814. The molecule has 0 N–H and O–H groups in total. The Kier molecular flexibility index (Phi) is 6.31. The maximum Gasteiger partial charge on any atom is 0.416 e. The van der Waals surface area contributed by atoms with Crippen LogP contribution < -0.4 is 9.47 Å². The maximum atomic E-state index is 12.7. The Morgan fingerprint density at radius 1 is 1.08 bits per heavy atom. The summed E-state index contributed by atoms with van der Waals surface area (Å²) in [5.41, 5.74) is -0.776. The van der Waals surface area contributed by atoms with Gasteiger partial charge in [0.25, 0.3) is 0 Å². The summed E-state index contributed by atoms with van der Waals surface area (Å²) in [5, 5.41) is 0. The van der Waals surface area contributed by atoms with Crippen molar-refractivity contribution in [2.45, 2.75) is 13.1 Å². The van der Waals surface area contributed by atoms with Crippen molar-refractivity contribution in [2.75, 3.05) is 7.11 Å². The molecule has 138 valence electrons. The van der Waals surface area contributed by atoms with Gasteiger partial charge >= 0.3 is 12.1 Å². The summed E-state index contributed by atoms with van der Waals surface area (Å²) in [7, 11) is 1.24. The van der Waals surface area contributed by atoms with Crippen molar-refractivity contribution >= 4 is 21.9 Å². The molecule has 0 heterocycles. The molecule has 0 aliphatic carbocycles. The zero-order chi connectivity index (χ0) is 19.3. The third-order valence-corrected chi connectivity index (χ3v) is 3.81. The highest BCUT2D eigenvalue weighted by molar-refractivity contribution is 9.10. The number of allylic oxidation sites excluding steroid dienone is 1. The summed E-state index contributed by atoms with van der Waals surface area (Å²) < 4.78 is 53.7. The van der Waals surface area contributed by atoms with Crippen LogP contribution in [0.5, 0.6) is 17.2 Å². The Morgan fingerprint density at radius 2 is 1.69 bits per heavy atom. The average Bonchev–Trinajstić information content (AvgIpc) is 2.61. The van der Waals surface area contributed by atoms with Crippen molar-refractivity contribution in [2.24, 2.45) is 0 Å². The Labute approximate surface area is 156 Å². The number of methoxy groups -OCH3 is 1. The summed E-state index contributed by atoms with van der Waals surface area (Å²) in [6, 6.07) is 9.34. The van der Waals surface area contributed by atoms with Crippen LogP contribution in [0.25, 0.3) is 0 Å². The minimum atomic E-state index is -4.43. The Balaban J connectivity index is 2.11. The zero-order valence-electron chi connectivity index (χ0n) is 13.8. The summed E-state index contributed by atoms with van der Waals surface area (Å²) >= 11 is 3.07. The van der Waals surface area contributed by atoms with Gasteiger partial charge in [-0.3, -0.25) is 0 Å². The van der Waals surface area contributed by atoms with Crippen molar-refractivity contribution < 1.29 is 32.2 Å². The van der Waals surface area contributed by atoms with Crippen LogP contribution in [-0.4, -0.2) is 13.1 Å². The van der Waals surface area contributed by atoms with Gasteiger partial charge in [0.1, 0.15) is 17.2 Å². The smallest absolute Gasteiger partial charge is 0.416 e. The molecule has 0 radical (unpaired) electrons. The lowest BCUT2D eigenvalue weighted by molar-refractivity contribution is -0.139. The van der Waals surface area contributed by atoms with Crippen LogP contribution in [0, 0.1) is 0 Å². The molecule has 26 heavy (non-hydrogen) atoms. The fraction of sp³-hybridized carbons (Fsp3) is 0.167. The van der Waals surface area contributed by atoms with Crippen LogP contribution in [0.2, 0.25) is 0 Å². The number of halogens is 4. The van der Waals surface area contributed by atoms with E-state index in [1.54, 1.807) is 31.2 Å². The molecule has 0 amide bonds. The molecule has 4 nitrogen and oxygen atoms in total. The lowest BCUT2D eigenvalue weighted by Gasteiger charge is -2.12. The first-order valence-corrected chi connectivity index (χ1v) is 8.11. The number of carbonyl (C=O) groups excluding carboxylic acids is 1. The number of esters is 1. The van der Waals surface area contributed by atoms with Crippen LogP contribution in [0.15, 0.2) is 58.8 Å². The van der Waals surface area contributed by atoms with Gasteiger partial charge in [-0.05, 0) is 71.4 Å². The molecule has 2 aromatic rings. The topological polar surface area (TPSA) is 44.8 Å². The van der Waals surface area contributed by atoms with Crippen molar-refractivity contribution in [1.29, 1.82) is 0 Å². The fourth-order valence-electron chi connectivity index (χ4n) is 1.91. The van der Waals surface area contributed by atoms with Gasteiger partial charge in [0, 0.05) is 0 Å². The van der Waals surface area contributed by atoms with Crippen LogP contribution in [0.3, 0.4) is 0 Å². The van der Waals surface area contributed by atoms with E-state index in [1.165, 1.54) is 19.3 Å². The normalized spacial score (nSPS) is 11.8. The molecular weight excluding hydrogens is 417 g/mol. The highest BCUT2D eigenvalue weighted by Gasteiger charge is 2.31. The minimum Gasteiger partial charge on any atom is -0.463 e. The van der Waals surface area contributed by atoms with Gasteiger partial charge in [0.15, 0.2) is 0 Å². The maximum absolute atomic E-state index is 12.7. The van der Waals surface area contributed by atoms with E-state index >= 15 is 0 Å². The van der Waals surface area contributed by atoms with E-state index < -0.39 is 17.7 Å². The molecule has 0 unspecified atom stereocenters. The number of carbonyl (C=O) groups is 1. The van der Waals surface area contributed by atoms with E-state index in [4.69, 9.17) is 9.47 Å². The Morgan fingerprint density at radius 3 is 2.19 bits per heavy atom. The summed E-state index contributed by atoms with van der Waals surface area (Å²) in [6.45, 7) is 1.63. The molecule has 0 saturated heterocycles. The van der Waals surface area contributed by atoms with Crippen molar-refractivity contribution in [3.63, 3.8) is 0 Å². The van der Waals surface area contributed by atoms with E-state index in [9.17, 15) is 18.0 Å². The fourth-order valence-corrected chi connectivity index (χ4v) is 2.37. The molecule has 0 atom stereocenters. The molecule has 0 aliphatic rings. The van der Waals surface area contributed by atoms with Gasteiger partial charge < -0.3 is 14.2 Å². The largest absolute Gasteiger partial charge is 0.463 e. The quantitative estimate of drug-likeness (QED) is 0.345. The van der Waals surface area contributed by atoms with Crippen LogP contribution in [0.1, 0.15) is 12.5 Å². The predicted octanol–water partition coefficient (Wildman–Crippen LogP) is 5.72. The lowest BCUT2D eigenvalue weighted by atomic mass is 10.2. The van der Waals surface area contributed by atoms with E-state index in [2.05, 4.69) is 20.7 Å². The first-order chi connectivity index (χ1) is 12.2. The van der Waals surface area contributed by atoms with Gasteiger partial charge in [-0.25, -0.2) is 4.79 Å². The number of alkyl halides is 3.